The van der Waals surface area contributed by atoms with Crippen LogP contribution < -0.4 is 5.32 Å². The third-order valence-corrected chi connectivity index (χ3v) is 3.40. The SMILES string of the molecule is CC(C#N)C(=O)NC1(c2cc(F)cc(C(=O)O)c2)CC1. The molecule has 1 aliphatic carbocycles. The number of aromatic carboxylic acids is 1. The number of nitriles is 1. The van der Waals surface area contributed by atoms with Crippen molar-refractivity contribution in [1.82, 2.24) is 5.32 Å². The van der Waals surface area contributed by atoms with Gasteiger partial charge in [0.1, 0.15) is 11.7 Å². The molecule has 1 atom stereocenters. The van der Waals surface area contributed by atoms with Crippen molar-refractivity contribution in [1.29, 1.82) is 5.26 Å². The summed E-state index contributed by atoms with van der Waals surface area (Å²) < 4.78 is 13.5. The Hall–Kier alpha value is -2.42. The van der Waals surface area contributed by atoms with Crippen LogP contribution in [0.3, 0.4) is 0 Å². The summed E-state index contributed by atoms with van der Waals surface area (Å²) >= 11 is 0. The predicted octanol–water partition coefficient (Wildman–Crippen LogP) is 1.79. The average Bonchev–Trinajstić information content (AvgIpc) is 3.17. The highest BCUT2D eigenvalue weighted by Crippen LogP contribution is 2.46. The Morgan fingerprint density at radius 3 is 2.60 bits per heavy atom. The van der Waals surface area contributed by atoms with Crippen molar-refractivity contribution >= 4 is 11.9 Å². The number of carboxylic acids is 1. The molecule has 2 N–H and O–H groups in total. The lowest BCUT2D eigenvalue weighted by Crippen LogP contribution is -2.38. The number of carbonyl (C=O) groups is 2. The van der Waals surface area contributed by atoms with Gasteiger partial charge in [-0.3, -0.25) is 4.79 Å². The van der Waals surface area contributed by atoms with E-state index in [1.807, 2.05) is 6.07 Å². The number of benzene rings is 1. The number of rotatable bonds is 4. The van der Waals surface area contributed by atoms with Crippen LogP contribution in [0.15, 0.2) is 18.2 Å². The van der Waals surface area contributed by atoms with Crippen molar-refractivity contribution in [3.05, 3.63) is 35.1 Å². The van der Waals surface area contributed by atoms with Gasteiger partial charge in [-0.25, -0.2) is 9.18 Å². The summed E-state index contributed by atoms with van der Waals surface area (Å²) in [5.41, 5.74) is -0.476. The van der Waals surface area contributed by atoms with E-state index in [0.717, 1.165) is 6.07 Å². The summed E-state index contributed by atoms with van der Waals surface area (Å²) in [5.74, 6) is -3.13. The van der Waals surface area contributed by atoms with Crippen LogP contribution in [-0.4, -0.2) is 17.0 Å². The van der Waals surface area contributed by atoms with Gasteiger partial charge in [-0.05, 0) is 43.5 Å². The second-order valence-electron chi connectivity index (χ2n) is 4.96. The topological polar surface area (TPSA) is 90.2 Å². The van der Waals surface area contributed by atoms with Gasteiger partial charge in [-0.15, -0.1) is 0 Å². The zero-order valence-electron chi connectivity index (χ0n) is 10.8. The van der Waals surface area contributed by atoms with E-state index in [0.29, 0.717) is 18.4 Å². The zero-order valence-corrected chi connectivity index (χ0v) is 10.8. The van der Waals surface area contributed by atoms with E-state index in [2.05, 4.69) is 5.32 Å². The van der Waals surface area contributed by atoms with Gasteiger partial charge in [0, 0.05) is 0 Å². The summed E-state index contributed by atoms with van der Waals surface area (Å²) in [4.78, 5) is 22.7. The Morgan fingerprint density at radius 1 is 1.45 bits per heavy atom. The summed E-state index contributed by atoms with van der Waals surface area (Å²) in [5, 5.41) is 20.3. The molecular formula is C14H13FN2O3. The van der Waals surface area contributed by atoms with Crippen molar-refractivity contribution in [3.8, 4) is 6.07 Å². The zero-order chi connectivity index (χ0) is 14.9. The molecule has 6 heteroatoms. The summed E-state index contributed by atoms with van der Waals surface area (Å²) in [6.45, 7) is 1.47. The van der Waals surface area contributed by atoms with Gasteiger partial charge in [0.05, 0.1) is 17.2 Å². The summed E-state index contributed by atoms with van der Waals surface area (Å²) in [6, 6.07) is 5.34. The maximum Gasteiger partial charge on any atom is 0.335 e. The van der Waals surface area contributed by atoms with E-state index in [4.69, 9.17) is 10.4 Å². The van der Waals surface area contributed by atoms with E-state index < -0.39 is 29.2 Å². The number of hydrogen-bond donors (Lipinski definition) is 2. The van der Waals surface area contributed by atoms with E-state index in [1.165, 1.54) is 19.1 Å². The Labute approximate surface area is 115 Å². The molecule has 5 nitrogen and oxygen atoms in total. The molecule has 0 aliphatic heterocycles. The molecule has 0 aromatic heterocycles. The van der Waals surface area contributed by atoms with Crippen LogP contribution in [0.5, 0.6) is 0 Å². The maximum absolute atomic E-state index is 13.5. The molecule has 104 valence electrons. The van der Waals surface area contributed by atoms with Gasteiger partial charge in [0.25, 0.3) is 0 Å². The van der Waals surface area contributed by atoms with Gasteiger partial charge in [0.2, 0.25) is 5.91 Å². The molecule has 1 amide bonds. The van der Waals surface area contributed by atoms with E-state index in [9.17, 15) is 14.0 Å². The van der Waals surface area contributed by atoms with Crippen molar-refractivity contribution in [2.24, 2.45) is 5.92 Å². The number of nitrogens with zero attached hydrogens (tertiary/aromatic N) is 1. The Balaban J connectivity index is 2.29. The number of nitrogens with one attached hydrogen (secondary N) is 1. The van der Waals surface area contributed by atoms with Crippen molar-refractivity contribution in [2.75, 3.05) is 0 Å². The fourth-order valence-electron chi connectivity index (χ4n) is 2.00. The van der Waals surface area contributed by atoms with Crippen LogP contribution in [0.2, 0.25) is 0 Å². The Morgan fingerprint density at radius 2 is 2.10 bits per heavy atom. The maximum atomic E-state index is 13.5. The normalized spacial score (nSPS) is 16.9. The molecule has 1 saturated carbocycles. The predicted molar refractivity (Wildman–Crippen MR) is 67.2 cm³/mol. The second kappa shape index (κ2) is 4.93. The Kier molecular flexibility index (Phi) is 3.45. The van der Waals surface area contributed by atoms with Gasteiger partial charge in [0.15, 0.2) is 0 Å². The smallest absolute Gasteiger partial charge is 0.335 e. The number of hydrogen-bond acceptors (Lipinski definition) is 3. The highest BCUT2D eigenvalue weighted by molar-refractivity contribution is 5.88. The largest absolute Gasteiger partial charge is 0.478 e. The van der Waals surface area contributed by atoms with Gasteiger partial charge in [-0.1, -0.05) is 0 Å². The molecule has 0 radical (unpaired) electrons. The van der Waals surface area contributed by atoms with Gasteiger partial charge < -0.3 is 10.4 Å². The van der Waals surface area contributed by atoms with Crippen LogP contribution in [0, 0.1) is 23.1 Å². The molecule has 20 heavy (non-hydrogen) atoms. The number of halogens is 1. The fraction of sp³-hybridized carbons (Fsp3) is 0.357. The first-order valence-corrected chi connectivity index (χ1v) is 6.14. The third-order valence-electron chi connectivity index (χ3n) is 3.40. The lowest BCUT2D eigenvalue weighted by Gasteiger charge is -2.19. The highest BCUT2D eigenvalue weighted by atomic mass is 19.1. The first-order chi connectivity index (χ1) is 9.38. The molecule has 0 spiro atoms. The lowest BCUT2D eigenvalue weighted by molar-refractivity contribution is -0.124. The molecular weight excluding hydrogens is 263 g/mol. The number of carbonyl (C=O) groups excluding carboxylic acids is 1. The minimum absolute atomic E-state index is 0.158. The average molecular weight is 276 g/mol. The van der Waals surface area contributed by atoms with E-state index >= 15 is 0 Å². The van der Waals surface area contributed by atoms with Crippen LogP contribution in [-0.2, 0) is 10.3 Å². The quantitative estimate of drug-likeness (QED) is 0.877. The molecule has 0 heterocycles. The molecule has 0 saturated heterocycles. The standard InChI is InChI=1S/C14H13FN2O3/c1-8(7-16)12(18)17-14(2-3-14)10-4-9(13(19)20)5-11(15)6-10/h4-6,8H,2-3H2,1H3,(H,17,18)(H,19,20). The minimum Gasteiger partial charge on any atom is -0.478 e. The number of carboxylic acid groups (broad SMARTS) is 1. The first-order valence-electron chi connectivity index (χ1n) is 6.14. The van der Waals surface area contributed by atoms with Crippen LogP contribution >= 0.6 is 0 Å². The summed E-state index contributed by atoms with van der Waals surface area (Å²) in [7, 11) is 0. The van der Waals surface area contributed by atoms with Crippen LogP contribution in [0.1, 0.15) is 35.7 Å². The first kappa shape index (κ1) is 14.0. The lowest BCUT2D eigenvalue weighted by atomic mass is 10.0. The van der Waals surface area contributed by atoms with E-state index in [1.54, 1.807) is 0 Å². The Bertz CT molecular complexity index is 617. The van der Waals surface area contributed by atoms with Crippen LogP contribution in [0.25, 0.3) is 0 Å². The fourth-order valence-corrected chi connectivity index (χ4v) is 2.00. The molecule has 1 aliphatic rings. The molecule has 1 fully saturated rings. The van der Waals surface area contributed by atoms with Crippen molar-refractivity contribution in [3.63, 3.8) is 0 Å². The minimum atomic E-state index is -1.22. The molecule has 1 unspecified atom stereocenters. The van der Waals surface area contributed by atoms with Crippen molar-refractivity contribution in [2.45, 2.75) is 25.3 Å². The monoisotopic (exact) mass is 276 g/mol. The molecule has 1 aromatic rings. The van der Waals surface area contributed by atoms with E-state index in [-0.39, 0.29) is 5.56 Å². The van der Waals surface area contributed by atoms with Gasteiger partial charge in [-0.2, -0.15) is 5.26 Å². The van der Waals surface area contributed by atoms with Gasteiger partial charge >= 0.3 is 5.97 Å². The molecule has 1 aromatic carbocycles. The van der Waals surface area contributed by atoms with Crippen molar-refractivity contribution < 1.29 is 19.1 Å². The van der Waals surface area contributed by atoms with Crippen LogP contribution in [0.4, 0.5) is 4.39 Å². The molecule has 2 rings (SSSR count). The third kappa shape index (κ3) is 2.62. The summed E-state index contributed by atoms with van der Waals surface area (Å²) in [6.07, 6.45) is 1.19. The molecule has 0 bridgehead atoms. The highest BCUT2D eigenvalue weighted by Gasteiger charge is 2.46. The second-order valence-corrected chi connectivity index (χ2v) is 4.96. The number of amides is 1.